The molecule has 2 aromatic carbocycles. The summed E-state index contributed by atoms with van der Waals surface area (Å²) in [5.41, 5.74) is -1.07. The minimum atomic E-state index is -5.00. The van der Waals surface area contributed by atoms with Gasteiger partial charge in [0.15, 0.2) is 0 Å². The van der Waals surface area contributed by atoms with E-state index in [0.29, 0.717) is 24.1 Å². The van der Waals surface area contributed by atoms with Gasteiger partial charge in [-0.05, 0) is 72.0 Å². The lowest BCUT2D eigenvalue weighted by Crippen LogP contribution is -2.39. The van der Waals surface area contributed by atoms with Crippen LogP contribution < -0.4 is 0 Å². The van der Waals surface area contributed by atoms with Crippen LogP contribution in [0.3, 0.4) is 0 Å². The number of halogens is 7. The van der Waals surface area contributed by atoms with Gasteiger partial charge in [0.2, 0.25) is 5.91 Å². The van der Waals surface area contributed by atoms with Gasteiger partial charge in [0, 0.05) is 37.0 Å². The molecule has 1 aromatic heterocycles. The van der Waals surface area contributed by atoms with Crippen LogP contribution in [0, 0.1) is 5.82 Å². The molecule has 2 unspecified atom stereocenters. The van der Waals surface area contributed by atoms with Crippen LogP contribution in [0.15, 0.2) is 73.1 Å². The summed E-state index contributed by atoms with van der Waals surface area (Å²) < 4.78 is 101. The topological polar surface area (TPSA) is 42.4 Å². The van der Waals surface area contributed by atoms with Gasteiger partial charge in [0.1, 0.15) is 5.82 Å². The molecular formula is C29H23F7N2O2. The molecule has 1 amide bonds. The number of pyridine rings is 1. The summed E-state index contributed by atoms with van der Waals surface area (Å²) in [6.45, 7) is 1.42. The van der Waals surface area contributed by atoms with Crippen molar-refractivity contribution >= 4 is 11.5 Å². The molecular weight excluding hydrogens is 541 g/mol. The number of rotatable bonds is 5. The Morgan fingerprint density at radius 2 is 1.62 bits per heavy atom. The summed E-state index contributed by atoms with van der Waals surface area (Å²) in [6.07, 6.45) is -6.86. The molecule has 0 N–H and O–H groups in total. The van der Waals surface area contributed by atoms with Gasteiger partial charge in [0.05, 0.1) is 23.3 Å². The fourth-order valence-electron chi connectivity index (χ4n) is 5.45. The van der Waals surface area contributed by atoms with E-state index in [9.17, 15) is 35.5 Å². The summed E-state index contributed by atoms with van der Waals surface area (Å²) in [6, 6.07) is 10.0. The lowest BCUT2D eigenvalue weighted by Gasteiger charge is -2.32. The van der Waals surface area contributed by atoms with Crippen LogP contribution in [0.1, 0.15) is 53.2 Å². The predicted molar refractivity (Wildman–Crippen MR) is 131 cm³/mol. The molecule has 0 aliphatic carbocycles. The molecule has 4 atom stereocenters. The SMILES string of the molecule is C[C@@H](OC1CN2C(=O)C=C(c3cccnc3)CC2[C@@H]1c1ccc(F)cc1)c1cc(C(F)(F)F)cc(C(F)(F)F)c1. The first-order valence-corrected chi connectivity index (χ1v) is 12.4. The number of carbonyl (C=O) groups is 1. The first-order chi connectivity index (χ1) is 18.8. The highest BCUT2D eigenvalue weighted by Crippen LogP contribution is 2.45. The molecule has 3 heterocycles. The van der Waals surface area contributed by atoms with Crippen LogP contribution in [0.4, 0.5) is 30.7 Å². The smallest absolute Gasteiger partial charge is 0.368 e. The van der Waals surface area contributed by atoms with Crippen LogP contribution in [-0.2, 0) is 21.9 Å². The van der Waals surface area contributed by atoms with E-state index in [1.54, 1.807) is 35.5 Å². The standard InChI is InChI=1S/C29H23F7N2O2/c1-16(19-9-21(28(31,32)33)13-22(10-19)29(34,35)36)40-25-15-38-24(27(25)17-4-6-23(30)7-5-17)11-20(12-26(38)39)18-3-2-8-37-14-18/h2-10,12-14,16,24-25,27H,11,15H2,1H3/t16-,24?,25?,27+/m1/s1. The Labute approximate surface area is 225 Å². The summed E-state index contributed by atoms with van der Waals surface area (Å²) >= 11 is 0. The number of alkyl halides is 6. The predicted octanol–water partition coefficient (Wildman–Crippen LogP) is 7.19. The maximum Gasteiger partial charge on any atom is 0.416 e. The quantitative estimate of drug-likeness (QED) is 0.308. The minimum Gasteiger partial charge on any atom is -0.368 e. The number of hydrogen-bond acceptors (Lipinski definition) is 3. The molecule has 11 heteroatoms. The Kier molecular flexibility index (Phi) is 7.20. The molecule has 0 bridgehead atoms. The lowest BCUT2D eigenvalue weighted by atomic mass is 9.84. The van der Waals surface area contributed by atoms with Gasteiger partial charge in [-0.2, -0.15) is 26.3 Å². The Bertz CT molecular complexity index is 1390. The third-order valence-corrected chi connectivity index (χ3v) is 7.35. The summed E-state index contributed by atoms with van der Waals surface area (Å²) in [7, 11) is 0. The molecule has 2 aliphatic rings. The van der Waals surface area contributed by atoms with Gasteiger partial charge in [0.25, 0.3) is 0 Å². The van der Waals surface area contributed by atoms with Crippen LogP contribution in [0.25, 0.3) is 5.57 Å². The van der Waals surface area contributed by atoms with Gasteiger partial charge >= 0.3 is 12.4 Å². The van der Waals surface area contributed by atoms with E-state index in [4.69, 9.17) is 4.74 Å². The van der Waals surface area contributed by atoms with Gasteiger partial charge in [-0.3, -0.25) is 9.78 Å². The minimum absolute atomic E-state index is 0.0534. The van der Waals surface area contributed by atoms with Crippen molar-refractivity contribution in [3.63, 3.8) is 0 Å². The second-order valence-electron chi connectivity index (χ2n) is 9.91. The maximum absolute atomic E-state index is 13.8. The zero-order chi connectivity index (χ0) is 28.8. The van der Waals surface area contributed by atoms with Crippen LogP contribution in [0.5, 0.6) is 0 Å². The first kappa shape index (κ1) is 27.8. The number of carbonyl (C=O) groups excluding carboxylic acids is 1. The normalized spacial score (nSPS) is 22.2. The maximum atomic E-state index is 13.8. The lowest BCUT2D eigenvalue weighted by molar-refractivity contribution is -0.143. The number of fused-ring (bicyclic) bond motifs is 1. The highest BCUT2D eigenvalue weighted by atomic mass is 19.4. The van der Waals surface area contributed by atoms with Crippen molar-refractivity contribution in [2.24, 2.45) is 0 Å². The van der Waals surface area contributed by atoms with Gasteiger partial charge < -0.3 is 9.64 Å². The summed E-state index contributed by atoms with van der Waals surface area (Å²) in [5, 5.41) is 0. The summed E-state index contributed by atoms with van der Waals surface area (Å²) in [4.78, 5) is 18.8. The monoisotopic (exact) mass is 564 g/mol. The van der Waals surface area contributed by atoms with Gasteiger partial charge in [-0.1, -0.05) is 18.2 Å². The Balaban J connectivity index is 1.49. The Hall–Kier alpha value is -3.73. The molecule has 0 spiro atoms. The van der Waals surface area contributed by atoms with Crippen molar-refractivity contribution in [2.75, 3.05) is 6.54 Å². The average molecular weight is 565 g/mol. The third kappa shape index (κ3) is 5.60. The van der Waals surface area contributed by atoms with E-state index in [1.807, 2.05) is 6.07 Å². The van der Waals surface area contributed by atoms with E-state index in [2.05, 4.69) is 4.98 Å². The van der Waals surface area contributed by atoms with E-state index in [-0.39, 0.29) is 24.1 Å². The number of ether oxygens (including phenoxy) is 1. The first-order valence-electron chi connectivity index (χ1n) is 12.4. The number of nitrogens with zero attached hydrogens (tertiary/aromatic N) is 2. The fourth-order valence-corrected chi connectivity index (χ4v) is 5.45. The van der Waals surface area contributed by atoms with Gasteiger partial charge in [-0.15, -0.1) is 0 Å². The summed E-state index contributed by atoms with van der Waals surface area (Å²) in [5.74, 6) is -1.32. The van der Waals surface area contributed by atoms with Crippen LogP contribution >= 0.6 is 0 Å². The molecule has 40 heavy (non-hydrogen) atoms. The van der Waals surface area contributed by atoms with Crippen molar-refractivity contribution in [1.82, 2.24) is 9.88 Å². The average Bonchev–Trinajstić information content (AvgIpc) is 3.26. The van der Waals surface area contributed by atoms with E-state index >= 15 is 0 Å². The van der Waals surface area contributed by atoms with E-state index in [0.717, 1.165) is 11.1 Å². The van der Waals surface area contributed by atoms with Crippen LogP contribution in [-0.4, -0.2) is 34.5 Å². The van der Waals surface area contributed by atoms with Crippen molar-refractivity contribution in [3.05, 3.63) is 107 Å². The number of aromatic nitrogens is 1. The second kappa shape index (κ2) is 10.3. The Morgan fingerprint density at radius 3 is 2.20 bits per heavy atom. The van der Waals surface area contributed by atoms with Gasteiger partial charge in [-0.25, -0.2) is 4.39 Å². The van der Waals surface area contributed by atoms with Crippen molar-refractivity contribution in [3.8, 4) is 0 Å². The molecule has 5 rings (SSSR count). The number of hydrogen-bond donors (Lipinski definition) is 0. The molecule has 3 aromatic rings. The number of benzene rings is 2. The molecule has 4 nitrogen and oxygen atoms in total. The molecule has 1 fully saturated rings. The second-order valence-corrected chi connectivity index (χ2v) is 9.91. The zero-order valence-corrected chi connectivity index (χ0v) is 21.0. The van der Waals surface area contributed by atoms with E-state index < -0.39 is 53.5 Å². The van der Waals surface area contributed by atoms with Crippen molar-refractivity contribution in [1.29, 1.82) is 0 Å². The van der Waals surface area contributed by atoms with Crippen LogP contribution in [0.2, 0.25) is 0 Å². The molecule has 0 saturated carbocycles. The molecule has 0 radical (unpaired) electrons. The molecule has 210 valence electrons. The third-order valence-electron chi connectivity index (χ3n) is 7.35. The number of amides is 1. The zero-order valence-electron chi connectivity index (χ0n) is 21.0. The fraction of sp³-hybridized carbons (Fsp3) is 0.310. The highest BCUT2D eigenvalue weighted by molar-refractivity contribution is 5.97. The molecule has 2 aliphatic heterocycles. The van der Waals surface area contributed by atoms with E-state index in [1.165, 1.54) is 25.1 Å². The largest absolute Gasteiger partial charge is 0.416 e. The Morgan fingerprint density at radius 1 is 0.975 bits per heavy atom. The van der Waals surface area contributed by atoms with Crippen molar-refractivity contribution in [2.45, 2.75) is 49.9 Å². The highest BCUT2D eigenvalue weighted by Gasteiger charge is 2.48. The molecule has 1 saturated heterocycles. The van der Waals surface area contributed by atoms with Crippen molar-refractivity contribution < 1.29 is 40.3 Å².